The minimum absolute atomic E-state index is 0.406. The van der Waals surface area contributed by atoms with Crippen molar-refractivity contribution in [3.63, 3.8) is 0 Å². The number of nitrogens with one attached hydrogen (secondary N) is 2. The van der Waals surface area contributed by atoms with Gasteiger partial charge in [-0.3, -0.25) is 4.79 Å². The van der Waals surface area contributed by atoms with E-state index in [1.54, 1.807) is 6.92 Å². The Morgan fingerprint density at radius 1 is 1.07 bits per heavy atom. The molecule has 0 aliphatic carbocycles. The van der Waals surface area contributed by atoms with Crippen LogP contribution in [0.3, 0.4) is 0 Å². The van der Waals surface area contributed by atoms with Gasteiger partial charge in [-0.2, -0.15) is 0 Å². The largest absolute Gasteiger partial charge is 0.378 e. The molecule has 1 aliphatic heterocycles. The van der Waals surface area contributed by atoms with Crippen molar-refractivity contribution in [2.24, 2.45) is 0 Å². The molecule has 1 heterocycles. The molecule has 1 fully saturated rings. The van der Waals surface area contributed by atoms with E-state index in [1.165, 1.54) is 0 Å². The summed E-state index contributed by atoms with van der Waals surface area (Å²) in [5, 5.41) is 5.34. The van der Waals surface area contributed by atoms with E-state index in [9.17, 15) is 18.0 Å². The summed E-state index contributed by atoms with van der Waals surface area (Å²) >= 11 is 0. The first-order valence-electron chi connectivity index (χ1n) is 9.01. The molecule has 150 valence electrons. The van der Waals surface area contributed by atoms with Gasteiger partial charge in [0.15, 0.2) is 17.5 Å². The van der Waals surface area contributed by atoms with Gasteiger partial charge in [-0.25, -0.2) is 13.2 Å². The average molecular weight is 393 g/mol. The molecular weight excluding hydrogens is 371 g/mol. The molecule has 5 nitrogen and oxygen atoms in total. The molecule has 2 N–H and O–H groups in total. The second-order valence-corrected chi connectivity index (χ2v) is 6.68. The minimum atomic E-state index is -1.62. The fraction of sp³-hybridized carbons (Fsp3) is 0.350. The summed E-state index contributed by atoms with van der Waals surface area (Å²) < 4.78 is 45.4. The highest BCUT2D eigenvalue weighted by Gasteiger charge is 2.19. The molecule has 0 radical (unpaired) electrons. The molecule has 3 rings (SSSR count). The number of rotatable bonds is 5. The van der Waals surface area contributed by atoms with Crippen LogP contribution in [0.2, 0.25) is 0 Å². The quantitative estimate of drug-likeness (QED) is 0.761. The summed E-state index contributed by atoms with van der Waals surface area (Å²) in [6, 6.07) is 6.89. The van der Waals surface area contributed by atoms with Crippen molar-refractivity contribution in [3.8, 4) is 0 Å². The Kier molecular flexibility index (Phi) is 6.08. The van der Waals surface area contributed by atoms with Gasteiger partial charge in [-0.05, 0) is 49.7 Å². The van der Waals surface area contributed by atoms with Gasteiger partial charge in [0.25, 0.3) is 0 Å². The van der Waals surface area contributed by atoms with Crippen LogP contribution in [0.1, 0.15) is 12.5 Å². The fourth-order valence-corrected chi connectivity index (χ4v) is 2.99. The van der Waals surface area contributed by atoms with E-state index in [4.69, 9.17) is 4.74 Å². The maximum atomic E-state index is 13.7. The lowest BCUT2D eigenvalue weighted by atomic mass is 10.1. The molecule has 0 bridgehead atoms. The van der Waals surface area contributed by atoms with Crippen LogP contribution >= 0.6 is 0 Å². The third kappa shape index (κ3) is 4.39. The Morgan fingerprint density at radius 2 is 1.75 bits per heavy atom. The summed E-state index contributed by atoms with van der Waals surface area (Å²) in [7, 11) is 0. The fourth-order valence-electron chi connectivity index (χ4n) is 2.99. The number of carbonyl (C=O) groups is 1. The third-order valence-electron chi connectivity index (χ3n) is 4.64. The molecule has 2 aromatic carbocycles. The Morgan fingerprint density at radius 3 is 2.43 bits per heavy atom. The molecule has 1 saturated heterocycles. The molecular formula is C20H22F3N3O2. The lowest BCUT2D eigenvalue weighted by Crippen LogP contribution is -2.36. The molecule has 1 aliphatic rings. The van der Waals surface area contributed by atoms with Gasteiger partial charge in [0.2, 0.25) is 5.91 Å². The smallest absolute Gasteiger partial charge is 0.246 e. The number of aryl methyl sites for hydroxylation is 1. The number of hydrogen-bond donors (Lipinski definition) is 2. The SMILES string of the molecule is Cc1cc(N2CCOCC2)ccc1N[C@H](C)C(=O)Nc1ccc(F)c(F)c1F. The summed E-state index contributed by atoms with van der Waals surface area (Å²) in [5.41, 5.74) is 2.37. The van der Waals surface area contributed by atoms with E-state index in [0.717, 1.165) is 42.2 Å². The third-order valence-corrected chi connectivity index (χ3v) is 4.64. The van der Waals surface area contributed by atoms with Gasteiger partial charge in [-0.1, -0.05) is 0 Å². The maximum absolute atomic E-state index is 13.7. The lowest BCUT2D eigenvalue weighted by molar-refractivity contribution is -0.116. The predicted molar refractivity (Wildman–Crippen MR) is 102 cm³/mol. The standard InChI is InChI=1S/C20H22F3N3O2/c1-12-11-14(26-7-9-28-10-8-26)3-5-16(12)24-13(2)20(27)25-17-6-4-15(21)18(22)19(17)23/h3-6,11,13,24H,7-10H2,1-2H3,(H,25,27)/t13-/m1/s1. The van der Waals surface area contributed by atoms with Crippen LogP contribution in [0.15, 0.2) is 30.3 Å². The van der Waals surface area contributed by atoms with Crippen molar-refractivity contribution in [1.82, 2.24) is 0 Å². The van der Waals surface area contributed by atoms with Crippen LogP contribution in [0.5, 0.6) is 0 Å². The molecule has 1 amide bonds. The summed E-state index contributed by atoms with van der Waals surface area (Å²) in [6.45, 7) is 6.55. The minimum Gasteiger partial charge on any atom is -0.378 e. The number of carbonyl (C=O) groups excluding carboxylic acids is 1. The molecule has 0 aromatic heterocycles. The number of nitrogens with zero attached hydrogens (tertiary/aromatic N) is 1. The second kappa shape index (κ2) is 8.52. The van der Waals surface area contributed by atoms with Gasteiger partial charge in [0, 0.05) is 24.5 Å². The van der Waals surface area contributed by atoms with E-state index in [2.05, 4.69) is 15.5 Å². The normalized spacial score (nSPS) is 15.2. The van der Waals surface area contributed by atoms with Crippen molar-refractivity contribution in [1.29, 1.82) is 0 Å². The second-order valence-electron chi connectivity index (χ2n) is 6.68. The van der Waals surface area contributed by atoms with E-state index < -0.39 is 35.1 Å². The predicted octanol–water partition coefficient (Wildman–Crippen LogP) is 3.69. The van der Waals surface area contributed by atoms with Crippen LogP contribution in [0.25, 0.3) is 0 Å². The van der Waals surface area contributed by atoms with E-state index >= 15 is 0 Å². The lowest BCUT2D eigenvalue weighted by Gasteiger charge is -2.29. The molecule has 8 heteroatoms. The summed E-state index contributed by atoms with van der Waals surface area (Å²) in [5.74, 6) is -4.92. The molecule has 1 atom stereocenters. The highest BCUT2D eigenvalue weighted by Crippen LogP contribution is 2.25. The van der Waals surface area contributed by atoms with E-state index in [-0.39, 0.29) is 0 Å². The van der Waals surface area contributed by atoms with E-state index in [1.807, 2.05) is 25.1 Å². The zero-order chi connectivity index (χ0) is 20.3. The van der Waals surface area contributed by atoms with Crippen molar-refractivity contribution >= 4 is 23.0 Å². The Balaban J connectivity index is 1.66. The van der Waals surface area contributed by atoms with Gasteiger partial charge < -0.3 is 20.3 Å². The zero-order valence-corrected chi connectivity index (χ0v) is 15.7. The van der Waals surface area contributed by atoms with Crippen LogP contribution in [-0.2, 0) is 9.53 Å². The molecule has 0 spiro atoms. The van der Waals surface area contributed by atoms with Gasteiger partial charge in [0.05, 0.1) is 18.9 Å². The number of morpholine rings is 1. The number of ether oxygens (including phenoxy) is 1. The highest BCUT2D eigenvalue weighted by atomic mass is 19.2. The monoisotopic (exact) mass is 393 g/mol. The Labute approximate surface area is 161 Å². The first kappa shape index (κ1) is 20.0. The number of hydrogen-bond acceptors (Lipinski definition) is 4. The Hall–Kier alpha value is -2.74. The molecule has 0 unspecified atom stereocenters. The van der Waals surface area contributed by atoms with Crippen molar-refractivity contribution < 1.29 is 22.7 Å². The summed E-state index contributed by atoms with van der Waals surface area (Å²) in [6.07, 6.45) is 0. The van der Waals surface area contributed by atoms with Crippen molar-refractivity contribution in [3.05, 3.63) is 53.3 Å². The van der Waals surface area contributed by atoms with Crippen LogP contribution in [0.4, 0.5) is 30.2 Å². The topological polar surface area (TPSA) is 53.6 Å². The van der Waals surface area contributed by atoms with Crippen LogP contribution in [-0.4, -0.2) is 38.3 Å². The Bertz CT molecular complexity index is 870. The molecule has 2 aromatic rings. The van der Waals surface area contributed by atoms with Gasteiger partial charge >= 0.3 is 0 Å². The maximum Gasteiger partial charge on any atom is 0.246 e. The highest BCUT2D eigenvalue weighted by molar-refractivity contribution is 5.96. The first-order valence-corrected chi connectivity index (χ1v) is 9.01. The summed E-state index contributed by atoms with van der Waals surface area (Å²) in [4.78, 5) is 14.5. The molecule has 28 heavy (non-hydrogen) atoms. The molecule has 0 saturated carbocycles. The van der Waals surface area contributed by atoms with Crippen LogP contribution in [0, 0.1) is 24.4 Å². The van der Waals surface area contributed by atoms with Crippen molar-refractivity contribution in [2.45, 2.75) is 19.9 Å². The number of halogens is 3. The van der Waals surface area contributed by atoms with Crippen molar-refractivity contribution in [2.75, 3.05) is 41.8 Å². The van der Waals surface area contributed by atoms with Gasteiger partial charge in [0.1, 0.15) is 6.04 Å². The first-order chi connectivity index (χ1) is 13.4. The van der Waals surface area contributed by atoms with E-state index in [0.29, 0.717) is 13.2 Å². The van der Waals surface area contributed by atoms with Crippen LogP contribution < -0.4 is 15.5 Å². The number of benzene rings is 2. The number of amides is 1. The zero-order valence-electron chi connectivity index (χ0n) is 15.7. The number of anilines is 3. The van der Waals surface area contributed by atoms with Gasteiger partial charge in [-0.15, -0.1) is 0 Å². The average Bonchev–Trinajstić information content (AvgIpc) is 2.70.